The van der Waals surface area contributed by atoms with Gasteiger partial charge in [0.1, 0.15) is 11.5 Å². The zero-order valence-electron chi connectivity index (χ0n) is 10.7. The van der Waals surface area contributed by atoms with Gasteiger partial charge in [-0.15, -0.1) is 0 Å². The van der Waals surface area contributed by atoms with E-state index in [4.69, 9.17) is 11.6 Å². The fraction of sp³-hybridized carbons (Fsp3) is 0.133. The molecule has 0 saturated heterocycles. The van der Waals surface area contributed by atoms with Crippen LogP contribution in [0.15, 0.2) is 48.8 Å². The Hall–Kier alpha value is -1.91. The first kappa shape index (κ1) is 13.1. The smallest absolute Gasteiger partial charge is 0.137 e. The van der Waals surface area contributed by atoms with Gasteiger partial charge in [0.25, 0.3) is 0 Å². The molecule has 3 aromatic rings. The van der Waals surface area contributed by atoms with Gasteiger partial charge >= 0.3 is 0 Å². The van der Waals surface area contributed by atoms with E-state index in [1.54, 1.807) is 6.07 Å². The Kier molecular flexibility index (Phi) is 3.67. The topological polar surface area (TPSA) is 29.3 Å². The minimum atomic E-state index is -0.216. The number of aromatic nitrogens is 2. The van der Waals surface area contributed by atoms with E-state index >= 15 is 0 Å². The molecular weight excluding hydrogens is 277 g/mol. The van der Waals surface area contributed by atoms with Gasteiger partial charge in [0.15, 0.2) is 0 Å². The van der Waals surface area contributed by atoms with Crippen molar-refractivity contribution in [2.24, 2.45) is 0 Å². The highest BCUT2D eigenvalue weighted by molar-refractivity contribution is 6.30. The first-order valence-electron chi connectivity index (χ1n) is 6.29. The van der Waals surface area contributed by atoms with Gasteiger partial charge in [0.2, 0.25) is 0 Å². The molecule has 0 aliphatic heterocycles. The molecule has 0 unspecified atom stereocenters. The van der Waals surface area contributed by atoms with Gasteiger partial charge < -0.3 is 9.72 Å². The lowest BCUT2D eigenvalue weighted by Crippen LogP contribution is -2.12. The molecule has 3 nitrogen and oxygen atoms in total. The number of pyridine rings is 1. The summed E-state index contributed by atoms with van der Waals surface area (Å²) in [5.41, 5.74) is 2.69. The van der Waals surface area contributed by atoms with E-state index in [0.717, 1.165) is 16.9 Å². The average Bonchev–Trinajstić information content (AvgIpc) is 2.80. The van der Waals surface area contributed by atoms with Crippen molar-refractivity contribution in [3.05, 3.63) is 70.9 Å². The van der Waals surface area contributed by atoms with Crippen molar-refractivity contribution in [2.45, 2.75) is 13.1 Å². The molecular formula is C15H13ClFN3. The molecule has 2 aromatic heterocycles. The van der Waals surface area contributed by atoms with Crippen LogP contribution in [-0.4, -0.2) is 9.38 Å². The summed E-state index contributed by atoms with van der Waals surface area (Å²) in [5, 5.41) is 3.92. The van der Waals surface area contributed by atoms with Crippen LogP contribution in [0.1, 0.15) is 11.3 Å². The molecule has 0 atom stereocenters. The Balaban J connectivity index is 1.65. The number of nitrogens with zero attached hydrogens (tertiary/aromatic N) is 2. The number of nitrogens with one attached hydrogen (secondary N) is 1. The van der Waals surface area contributed by atoms with E-state index in [2.05, 4.69) is 10.3 Å². The van der Waals surface area contributed by atoms with Crippen molar-refractivity contribution in [1.29, 1.82) is 0 Å². The third kappa shape index (κ3) is 2.98. The first-order valence-corrected chi connectivity index (χ1v) is 6.67. The van der Waals surface area contributed by atoms with Crippen LogP contribution in [0.5, 0.6) is 0 Å². The summed E-state index contributed by atoms with van der Waals surface area (Å²) >= 11 is 5.93. The number of rotatable bonds is 4. The molecule has 0 saturated carbocycles. The molecule has 3 rings (SSSR count). The largest absolute Gasteiger partial charge is 0.307 e. The normalized spacial score (nSPS) is 11.1. The second-order valence-electron chi connectivity index (χ2n) is 4.58. The van der Waals surface area contributed by atoms with Gasteiger partial charge in [-0.2, -0.15) is 0 Å². The van der Waals surface area contributed by atoms with Crippen molar-refractivity contribution in [3.63, 3.8) is 0 Å². The van der Waals surface area contributed by atoms with Crippen LogP contribution in [0.2, 0.25) is 5.02 Å². The summed E-state index contributed by atoms with van der Waals surface area (Å²) in [6, 6.07) is 10.2. The Bertz CT molecular complexity index is 739. The third-order valence-corrected chi connectivity index (χ3v) is 3.21. The fourth-order valence-corrected chi connectivity index (χ4v) is 2.25. The molecule has 20 heavy (non-hydrogen) atoms. The summed E-state index contributed by atoms with van der Waals surface area (Å²) in [4.78, 5) is 4.47. The van der Waals surface area contributed by atoms with Crippen molar-refractivity contribution >= 4 is 17.2 Å². The quantitative estimate of drug-likeness (QED) is 0.797. The van der Waals surface area contributed by atoms with Crippen molar-refractivity contribution in [3.8, 4) is 0 Å². The molecule has 102 valence electrons. The second-order valence-corrected chi connectivity index (χ2v) is 5.01. The summed E-state index contributed by atoms with van der Waals surface area (Å²) in [6.45, 7) is 1.22. The summed E-state index contributed by atoms with van der Waals surface area (Å²) in [6.07, 6.45) is 3.75. The molecule has 0 aliphatic rings. The van der Waals surface area contributed by atoms with Gasteiger partial charge in [-0.1, -0.05) is 23.7 Å². The molecule has 0 radical (unpaired) electrons. The molecule has 0 bridgehead atoms. The zero-order valence-corrected chi connectivity index (χ0v) is 11.4. The molecule has 0 fully saturated rings. The number of imidazole rings is 1. The lowest BCUT2D eigenvalue weighted by molar-refractivity contribution is 0.619. The maximum Gasteiger partial charge on any atom is 0.137 e. The monoisotopic (exact) mass is 289 g/mol. The first-order chi connectivity index (χ1) is 9.70. The van der Waals surface area contributed by atoms with Crippen LogP contribution in [-0.2, 0) is 13.1 Å². The predicted molar refractivity (Wildman–Crippen MR) is 77.1 cm³/mol. The molecule has 2 heterocycles. The van der Waals surface area contributed by atoms with Crippen molar-refractivity contribution < 1.29 is 4.39 Å². The zero-order chi connectivity index (χ0) is 13.9. The lowest BCUT2D eigenvalue weighted by Gasteiger charge is -2.02. The number of halogens is 2. The molecule has 0 amide bonds. The minimum absolute atomic E-state index is 0.216. The van der Waals surface area contributed by atoms with Crippen LogP contribution in [0.25, 0.3) is 5.65 Å². The number of benzene rings is 1. The highest BCUT2D eigenvalue weighted by Gasteiger charge is 2.02. The van der Waals surface area contributed by atoms with Crippen molar-refractivity contribution in [2.75, 3.05) is 0 Å². The summed E-state index contributed by atoms with van der Waals surface area (Å²) in [7, 11) is 0. The average molecular weight is 290 g/mol. The van der Waals surface area contributed by atoms with E-state index in [0.29, 0.717) is 18.1 Å². The van der Waals surface area contributed by atoms with Gasteiger partial charge in [0.05, 0.1) is 10.7 Å². The van der Waals surface area contributed by atoms with E-state index in [-0.39, 0.29) is 5.82 Å². The number of hydrogen-bond donors (Lipinski definition) is 1. The third-order valence-electron chi connectivity index (χ3n) is 2.99. The van der Waals surface area contributed by atoms with Crippen LogP contribution >= 0.6 is 11.6 Å². The molecule has 0 spiro atoms. The molecule has 0 aliphatic carbocycles. The number of hydrogen-bond acceptors (Lipinski definition) is 2. The predicted octanol–water partition coefficient (Wildman–Crippen LogP) is 3.42. The summed E-state index contributed by atoms with van der Waals surface area (Å²) < 4.78 is 14.9. The van der Waals surface area contributed by atoms with E-state index in [1.165, 1.54) is 12.1 Å². The minimum Gasteiger partial charge on any atom is -0.307 e. The molecule has 1 N–H and O–H groups in total. The van der Waals surface area contributed by atoms with E-state index in [9.17, 15) is 4.39 Å². The highest BCUT2D eigenvalue weighted by atomic mass is 35.5. The van der Waals surface area contributed by atoms with Gasteiger partial charge in [-0.05, 0) is 29.8 Å². The lowest BCUT2D eigenvalue weighted by atomic mass is 10.2. The fourth-order valence-electron chi connectivity index (χ4n) is 2.08. The number of fused-ring (bicyclic) bond motifs is 1. The standard InChI is InChI=1S/C15H13ClFN3/c16-12-4-5-15-19-14(10-20(15)9-12)8-18-7-11-2-1-3-13(17)6-11/h1-6,9-10,18H,7-8H2. The highest BCUT2D eigenvalue weighted by Crippen LogP contribution is 2.11. The van der Waals surface area contributed by atoms with E-state index < -0.39 is 0 Å². The molecule has 5 heteroatoms. The van der Waals surface area contributed by atoms with E-state index in [1.807, 2.05) is 35.0 Å². The Morgan fingerprint density at radius 1 is 1.15 bits per heavy atom. The van der Waals surface area contributed by atoms with Crippen LogP contribution in [0.3, 0.4) is 0 Å². The van der Waals surface area contributed by atoms with Crippen LogP contribution in [0, 0.1) is 5.82 Å². The molecule has 1 aromatic carbocycles. The Labute approximate surface area is 121 Å². The van der Waals surface area contributed by atoms with Gasteiger partial charge in [0, 0.05) is 25.5 Å². The van der Waals surface area contributed by atoms with Crippen molar-refractivity contribution in [1.82, 2.24) is 14.7 Å². The van der Waals surface area contributed by atoms with Gasteiger partial charge in [-0.3, -0.25) is 0 Å². The Morgan fingerprint density at radius 3 is 2.90 bits per heavy atom. The van der Waals surface area contributed by atoms with Gasteiger partial charge in [-0.25, -0.2) is 9.37 Å². The maximum absolute atomic E-state index is 13.0. The SMILES string of the molecule is Fc1cccc(CNCc2cn3cc(Cl)ccc3n2)c1. The summed E-state index contributed by atoms with van der Waals surface area (Å²) in [5.74, 6) is -0.216. The maximum atomic E-state index is 13.0. The second kappa shape index (κ2) is 5.61. The van der Waals surface area contributed by atoms with Crippen LogP contribution in [0.4, 0.5) is 4.39 Å². The van der Waals surface area contributed by atoms with Crippen LogP contribution < -0.4 is 5.32 Å². The Morgan fingerprint density at radius 2 is 2.05 bits per heavy atom.